The van der Waals surface area contributed by atoms with E-state index in [1.165, 1.54) is 11.8 Å². The molecule has 0 aliphatic heterocycles. The number of aromatic nitrogens is 4. The summed E-state index contributed by atoms with van der Waals surface area (Å²) >= 11 is 7.19. The monoisotopic (exact) mass is 483 g/mol. The summed E-state index contributed by atoms with van der Waals surface area (Å²) in [6, 6.07) is 14.4. The second kappa shape index (κ2) is 10.1. The van der Waals surface area contributed by atoms with E-state index in [0.29, 0.717) is 39.2 Å². The van der Waals surface area contributed by atoms with Gasteiger partial charge in [0.05, 0.1) is 31.3 Å². The quantitative estimate of drug-likeness (QED) is 0.300. The average molecular weight is 484 g/mol. The number of hydrogen-bond acceptors (Lipinski definition) is 6. The van der Waals surface area contributed by atoms with Crippen molar-refractivity contribution in [3.63, 3.8) is 0 Å². The summed E-state index contributed by atoms with van der Waals surface area (Å²) < 4.78 is 8.50. The molecule has 0 aliphatic rings. The van der Waals surface area contributed by atoms with Crippen LogP contribution in [0, 0.1) is 0 Å². The van der Waals surface area contributed by atoms with E-state index in [4.69, 9.17) is 16.3 Å². The Balaban J connectivity index is 1.62. The lowest BCUT2D eigenvalue weighted by Gasteiger charge is -2.13. The van der Waals surface area contributed by atoms with Crippen LogP contribution in [0.2, 0.25) is 5.02 Å². The molecular weight excluding hydrogens is 462 g/mol. The fourth-order valence-electron chi connectivity index (χ4n) is 3.27. The zero-order valence-electron chi connectivity index (χ0n) is 18.1. The van der Waals surface area contributed by atoms with Crippen LogP contribution < -0.4 is 15.6 Å². The van der Waals surface area contributed by atoms with Gasteiger partial charge in [-0.05, 0) is 36.8 Å². The van der Waals surface area contributed by atoms with Crippen molar-refractivity contribution in [2.45, 2.75) is 25.2 Å². The molecule has 1 N–H and O–H groups in total. The number of anilines is 1. The molecule has 2 aromatic carbocycles. The number of halogens is 1. The van der Waals surface area contributed by atoms with Crippen molar-refractivity contribution in [1.29, 1.82) is 0 Å². The van der Waals surface area contributed by atoms with Crippen molar-refractivity contribution >= 4 is 46.0 Å². The summed E-state index contributed by atoms with van der Waals surface area (Å²) in [5.41, 5.74) is 2.01. The maximum Gasteiger partial charge on any atom is 0.282 e. The molecule has 0 radical (unpaired) electrons. The predicted octanol–water partition coefficient (Wildman–Crippen LogP) is 4.05. The fourth-order valence-corrected chi connectivity index (χ4v) is 4.20. The zero-order chi connectivity index (χ0) is 23.4. The van der Waals surface area contributed by atoms with Gasteiger partial charge in [0.2, 0.25) is 5.91 Å². The van der Waals surface area contributed by atoms with E-state index in [2.05, 4.69) is 15.4 Å². The SMILES string of the molecule is CCn1cc2nc(SCC(=O)Nc3ccccc3OC)n(Cc3ccc(Cl)cc3)c(=O)c2n1. The Morgan fingerprint density at radius 2 is 1.94 bits per heavy atom. The maximum absolute atomic E-state index is 13.3. The lowest BCUT2D eigenvalue weighted by molar-refractivity contribution is -0.113. The van der Waals surface area contributed by atoms with Gasteiger partial charge in [0, 0.05) is 11.6 Å². The van der Waals surface area contributed by atoms with Gasteiger partial charge in [-0.2, -0.15) is 5.10 Å². The van der Waals surface area contributed by atoms with E-state index in [9.17, 15) is 9.59 Å². The molecule has 0 bridgehead atoms. The van der Waals surface area contributed by atoms with Gasteiger partial charge in [-0.15, -0.1) is 0 Å². The largest absolute Gasteiger partial charge is 0.495 e. The molecule has 2 heterocycles. The first-order valence-electron chi connectivity index (χ1n) is 10.3. The van der Waals surface area contributed by atoms with Crippen molar-refractivity contribution in [1.82, 2.24) is 19.3 Å². The highest BCUT2D eigenvalue weighted by Gasteiger charge is 2.17. The highest BCUT2D eigenvalue weighted by atomic mass is 35.5. The number of methoxy groups -OCH3 is 1. The van der Waals surface area contributed by atoms with Crippen LogP contribution in [0.5, 0.6) is 5.75 Å². The number of fused-ring (bicyclic) bond motifs is 1. The Labute approximate surface area is 199 Å². The molecule has 0 unspecified atom stereocenters. The van der Waals surface area contributed by atoms with Crippen molar-refractivity contribution in [2.75, 3.05) is 18.2 Å². The third-order valence-electron chi connectivity index (χ3n) is 4.93. The summed E-state index contributed by atoms with van der Waals surface area (Å²) in [4.78, 5) is 30.5. The summed E-state index contributed by atoms with van der Waals surface area (Å²) in [5, 5.41) is 8.25. The van der Waals surface area contributed by atoms with Gasteiger partial charge in [-0.25, -0.2) is 4.98 Å². The number of para-hydroxylation sites is 2. The van der Waals surface area contributed by atoms with Gasteiger partial charge in [-0.3, -0.25) is 18.8 Å². The minimum atomic E-state index is -0.255. The molecule has 0 atom stereocenters. The standard InChI is InChI=1S/C23H22ClN5O3S/c1-3-28-13-18-21(27-28)22(31)29(12-15-8-10-16(24)11-9-15)23(26-18)33-14-20(30)25-17-6-4-5-7-19(17)32-2/h4-11,13H,3,12,14H2,1-2H3,(H,25,30). The van der Waals surface area contributed by atoms with E-state index < -0.39 is 0 Å². The minimum absolute atomic E-state index is 0.0680. The van der Waals surface area contributed by atoms with E-state index in [1.807, 2.05) is 31.2 Å². The van der Waals surface area contributed by atoms with Gasteiger partial charge in [0.15, 0.2) is 10.7 Å². The van der Waals surface area contributed by atoms with E-state index in [1.54, 1.807) is 46.8 Å². The van der Waals surface area contributed by atoms with Crippen molar-refractivity contribution in [3.05, 3.63) is 75.7 Å². The molecule has 4 aromatic rings. The number of rotatable bonds is 8. The molecule has 2 aromatic heterocycles. The van der Waals surface area contributed by atoms with E-state index in [-0.39, 0.29) is 23.8 Å². The molecule has 170 valence electrons. The lowest BCUT2D eigenvalue weighted by atomic mass is 10.2. The zero-order valence-corrected chi connectivity index (χ0v) is 19.7. The van der Waals surface area contributed by atoms with Gasteiger partial charge in [0.1, 0.15) is 11.3 Å². The molecule has 0 spiro atoms. The first-order valence-corrected chi connectivity index (χ1v) is 11.6. The van der Waals surface area contributed by atoms with Crippen molar-refractivity contribution in [3.8, 4) is 5.75 Å². The molecule has 33 heavy (non-hydrogen) atoms. The lowest BCUT2D eigenvalue weighted by Crippen LogP contribution is -2.25. The van der Waals surface area contributed by atoms with Crippen LogP contribution in [0.1, 0.15) is 12.5 Å². The molecule has 0 aliphatic carbocycles. The number of hydrogen-bond donors (Lipinski definition) is 1. The number of thioether (sulfide) groups is 1. The van der Waals surface area contributed by atoms with Crippen LogP contribution in [0.15, 0.2) is 64.7 Å². The third-order valence-corrected chi connectivity index (χ3v) is 6.16. The van der Waals surface area contributed by atoms with Crippen LogP contribution in [-0.2, 0) is 17.9 Å². The molecular formula is C23H22ClN5O3S. The topological polar surface area (TPSA) is 91.0 Å². The number of aryl methyl sites for hydroxylation is 1. The first kappa shape index (κ1) is 22.9. The van der Waals surface area contributed by atoms with Crippen LogP contribution in [-0.4, -0.2) is 38.1 Å². The highest BCUT2D eigenvalue weighted by molar-refractivity contribution is 7.99. The van der Waals surface area contributed by atoms with Gasteiger partial charge in [0.25, 0.3) is 5.56 Å². The van der Waals surface area contributed by atoms with Gasteiger partial charge >= 0.3 is 0 Å². The van der Waals surface area contributed by atoms with Crippen LogP contribution >= 0.6 is 23.4 Å². The highest BCUT2D eigenvalue weighted by Crippen LogP contribution is 2.24. The Kier molecular flexibility index (Phi) is 7.00. The summed E-state index contributed by atoms with van der Waals surface area (Å²) in [5.74, 6) is 0.404. The Bertz CT molecular complexity index is 1350. The molecule has 8 nitrogen and oxygen atoms in total. The number of carbonyl (C=O) groups excluding carboxylic acids is 1. The van der Waals surface area contributed by atoms with Crippen molar-refractivity contribution < 1.29 is 9.53 Å². The van der Waals surface area contributed by atoms with E-state index >= 15 is 0 Å². The Morgan fingerprint density at radius 3 is 2.67 bits per heavy atom. The molecule has 10 heteroatoms. The number of benzene rings is 2. The summed E-state index contributed by atoms with van der Waals surface area (Å²) in [7, 11) is 1.55. The van der Waals surface area contributed by atoms with Gasteiger partial charge < -0.3 is 10.1 Å². The summed E-state index contributed by atoms with van der Waals surface area (Å²) in [6.07, 6.45) is 1.74. The fraction of sp³-hybridized carbons (Fsp3) is 0.217. The number of nitrogens with zero attached hydrogens (tertiary/aromatic N) is 4. The normalized spacial score (nSPS) is 11.0. The third kappa shape index (κ3) is 5.20. The first-order chi connectivity index (χ1) is 16.0. The van der Waals surface area contributed by atoms with Crippen LogP contribution in [0.4, 0.5) is 5.69 Å². The number of carbonyl (C=O) groups is 1. The molecule has 1 amide bonds. The Hall–Kier alpha value is -3.30. The molecule has 4 rings (SSSR count). The summed E-state index contributed by atoms with van der Waals surface area (Å²) in [6.45, 7) is 2.85. The minimum Gasteiger partial charge on any atom is -0.495 e. The number of nitrogens with one attached hydrogen (secondary N) is 1. The number of amides is 1. The van der Waals surface area contributed by atoms with Crippen molar-refractivity contribution in [2.24, 2.45) is 0 Å². The van der Waals surface area contributed by atoms with Crippen LogP contribution in [0.25, 0.3) is 11.0 Å². The van der Waals surface area contributed by atoms with Gasteiger partial charge in [-0.1, -0.05) is 47.6 Å². The predicted molar refractivity (Wildman–Crippen MR) is 130 cm³/mol. The Morgan fingerprint density at radius 1 is 1.18 bits per heavy atom. The average Bonchev–Trinajstić information content (AvgIpc) is 3.25. The molecule has 0 saturated carbocycles. The molecule has 0 saturated heterocycles. The van der Waals surface area contributed by atoms with E-state index in [0.717, 1.165) is 5.56 Å². The van der Waals surface area contributed by atoms with Crippen LogP contribution in [0.3, 0.4) is 0 Å². The second-order valence-corrected chi connectivity index (χ2v) is 8.55. The molecule has 0 fully saturated rings. The maximum atomic E-state index is 13.3. The second-order valence-electron chi connectivity index (χ2n) is 7.17. The smallest absolute Gasteiger partial charge is 0.282 e. The number of ether oxygens (including phenoxy) is 1.